The number of hydrogen-bond donors (Lipinski definition) is 2. The molecule has 0 radical (unpaired) electrons. The summed E-state index contributed by atoms with van der Waals surface area (Å²) in [5.41, 5.74) is 4.80. The first-order valence-electron chi connectivity index (χ1n) is 9.49. The average Bonchev–Trinajstić information content (AvgIpc) is 3.05. The van der Waals surface area contributed by atoms with Crippen LogP contribution in [0.2, 0.25) is 0 Å². The van der Waals surface area contributed by atoms with E-state index in [1.807, 2.05) is 37.3 Å². The van der Waals surface area contributed by atoms with E-state index in [0.717, 1.165) is 28.8 Å². The number of nitrogens with one attached hydrogen (secondary N) is 2. The minimum Gasteiger partial charge on any atom is -0.382 e. The predicted octanol–water partition coefficient (Wildman–Crippen LogP) is 4.62. The summed E-state index contributed by atoms with van der Waals surface area (Å²) < 4.78 is 14.4. The fourth-order valence-electron chi connectivity index (χ4n) is 3.47. The van der Waals surface area contributed by atoms with E-state index < -0.39 is 5.92 Å². The molecule has 2 N–H and O–H groups in total. The number of halogens is 1. The van der Waals surface area contributed by atoms with Crippen molar-refractivity contribution in [3.8, 4) is 0 Å². The van der Waals surface area contributed by atoms with Crippen molar-refractivity contribution in [1.82, 2.24) is 4.98 Å². The Labute approximate surface area is 168 Å². The smallest absolute Gasteiger partial charge is 0.237 e. The Balaban J connectivity index is 1.43. The maximum Gasteiger partial charge on any atom is 0.237 e. The van der Waals surface area contributed by atoms with Gasteiger partial charge in [-0.25, -0.2) is 4.39 Å². The zero-order valence-electron chi connectivity index (χ0n) is 16.0. The number of benzene rings is 2. The fourth-order valence-corrected chi connectivity index (χ4v) is 3.47. The first kappa shape index (κ1) is 18.8. The molecule has 0 bridgehead atoms. The molecule has 0 aliphatic carbocycles. The maximum atomic E-state index is 14.4. The molecule has 29 heavy (non-hydrogen) atoms. The second-order valence-electron chi connectivity index (χ2n) is 6.98. The Kier molecular flexibility index (Phi) is 5.33. The second kappa shape index (κ2) is 8.22. The summed E-state index contributed by atoms with van der Waals surface area (Å²) in [6, 6.07) is 14.4. The summed E-state index contributed by atoms with van der Waals surface area (Å²) in [4.78, 5) is 20.6. The molecule has 2 aromatic carbocycles. The summed E-state index contributed by atoms with van der Waals surface area (Å²) in [5.74, 6) is -0.956. The molecule has 6 heteroatoms. The number of anilines is 2. The van der Waals surface area contributed by atoms with Crippen molar-refractivity contribution >= 4 is 29.2 Å². The average molecular weight is 388 g/mol. The van der Waals surface area contributed by atoms with Gasteiger partial charge in [0, 0.05) is 36.9 Å². The summed E-state index contributed by atoms with van der Waals surface area (Å²) in [6.07, 6.45) is 5.84. The molecule has 1 aromatic heterocycles. The van der Waals surface area contributed by atoms with Gasteiger partial charge in [-0.15, -0.1) is 0 Å². The zero-order chi connectivity index (χ0) is 20.2. The largest absolute Gasteiger partial charge is 0.382 e. The number of pyridine rings is 1. The molecule has 1 aliphatic heterocycles. The Hall–Kier alpha value is -3.54. The lowest BCUT2D eigenvalue weighted by Crippen LogP contribution is -2.13. The molecule has 146 valence electrons. The van der Waals surface area contributed by atoms with Crippen molar-refractivity contribution in [2.45, 2.75) is 19.3 Å². The number of fused-ring (bicyclic) bond motifs is 1. The molecule has 0 saturated heterocycles. The van der Waals surface area contributed by atoms with E-state index >= 15 is 0 Å². The van der Waals surface area contributed by atoms with Gasteiger partial charge in [-0.3, -0.25) is 14.8 Å². The summed E-state index contributed by atoms with van der Waals surface area (Å²) in [6.45, 7) is 2.58. The Morgan fingerprint density at radius 2 is 2.03 bits per heavy atom. The van der Waals surface area contributed by atoms with Crippen LogP contribution in [-0.4, -0.2) is 23.7 Å². The minimum atomic E-state index is -0.465. The Morgan fingerprint density at radius 1 is 1.21 bits per heavy atom. The molecule has 0 spiro atoms. The van der Waals surface area contributed by atoms with E-state index in [4.69, 9.17) is 0 Å². The summed E-state index contributed by atoms with van der Waals surface area (Å²) in [5, 5.41) is 5.97. The monoisotopic (exact) mass is 388 g/mol. The fraction of sp³-hybridized carbons (Fsp3) is 0.174. The van der Waals surface area contributed by atoms with Gasteiger partial charge in [-0.1, -0.05) is 12.1 Å². The van der Waals surface area contributed by atoms with Gasteiger partial charge in [-0.05, 0) is 60.4 Å². The van der Waals surface area contributed by atoms with E-state index in [-0.39, 0.29) is 11.7 Å². The van der Waals surface area contributed by atoms with Crippen LogP contribution in [0, 0.1) is 12.7 Å². The molecule has 3 aromatic rings. The third-order valence-electron chi connectivity index (χ3n) is 4.98. The highest BCUT2D eigenvalue weighted by atomic mass is 19.1. The number of carbonyl (C=O) groups is 1. The van der Waals surface area contributed by atoms with Crippen LogP contribution in [0.3, 0.4) is 0 Å². The lowest BCUT2D eigenvalue weighted by Gasteiger charge is -2.09. The van der Waals surface area contributed by atoms with E-state index in [9.17, 15) is 9.18 Å². The lowest BCUT2D eigenvalue weighted by atomic mass is 9.97. The third-order valence-corrected chi connectivity index (χ3v) is 4.98. The minimum absolute atomic E-state index is 0.118. The topological polar surface area (TPSA) is 66.4 Å². The van der Waals surface area contributed by atoms with Crippen LogP contribution in [0.5, 0.6) is 0 Å². The van der Waals surface area contributed by atoms with Crippen molar-refractivity contribution in [3.05, 3.63) is 83.4 Å². The predicted molar refractivity (Wildman–Crippen MR) is 114 cm³/mol. The quantitative estimate of drug-likeness (QED) is 0.606. The number of hydrogen-bond acceptors (Lipinski definition) is 4. The van der Waals surface area contributed by atoms with Gasteiger partial charge in [-0.2, -0.15) is 0 Å². The molecule has 1 amide bonds. The van der Waals surface area contributed by atoms with Crippen LogP contribution in [0.25, 0.3) is 0 Å². The molecule has 5 nitrogen and oxygen atoms in total. The number of carbonyl (C=O) groups excluding carboxylic acids is 1. The van der Waals surface area contributed by atoms with Gasteiger partial charge in [0.2, 0.25) is 5.91 Å². The maximum absolute atomic E-state index is 14.4. The normalized spacial score (nSPS) is 15.4. The lowest BCUT2D eigenvalue weighted by molar-refractivity contribution is -0.115. The molecular weight excluding hydrogens is 367 g/mol. The standard InChI is InChI=1S/C23H21FN4O/c1-15-3-2-4-21-22(15)18(23(29)28-21)14-27-17-5-6-20(19(24)13-17)26-12-9-16-7-10-25-11-8-16/h2-8,10-11,13-14,18,26H,9,12H2,1H3,(H,28,29). The number of nitrogens with zero attached hydrogens (tertiary/aromatic N) is 2. The molecule has 1 aliphatic rings. The van der Waals surface area contributed by atoms with Crippen LogP contribution in [-0.2, 0) is 11.2 Å². The van der Waals surface area contributed by atoms with Crippen LogP contribution >= 0.6 is 0 Å². The SMILES string of the molecule is Cc1cccc2c1C(C=Nc1ccc(NCCc3ccncc3)c(F)c1)C(=O)N2. The summed E-state index contributed by atoms with van der Waals surface area (Å²) in [7, 11) is 0. The van der Waals surface area contributed by atoms with Crippen molar-refractivity contribution < 1.29 is 9.18 Å². The van der Waals surface area contributed by atoms with Crippen molar-refractivity contribution in [1.29, 1.82) is 0 Å². The highest BCUT2D eigenvalue weighted by Gasteiger charge is 2.30. The Bertz CT molecular complexity index is 1070. The zero-order valence-corrected chi connectivity index (χ0v) is 16.0. The van der Waals surface area contributed by atoms with E-state index in [1.165, 1.54) is 6.07 Å². The van der Waals surface area contributed by atoms with Crippen molar-refractivity contribution in [2.75, 3.05) is 17.2 Å². The molecular formula is C23H21FN4O. The van der Waals surface area contributed by atoms with Crippen LogP contribution in [0.15, 0.2) is 65.9 Å². The van der Waals surface area contributed by atoms with Crippen molar-refractivity contribution in [2.24, 2.45) is 4.99 Å². The van der Waals surface area contributed by atoms with Crippen molar-refractivity contribution in [3.63, 3.8) is 0 Å². The van der Waals surface area contributed by atoms with E-state index in [1.54, 1.807) is 30.7 Å². The second-order valence-corrected chi connectivity index (χ2v) is 6.98. The summed E-state index contributed by atoms with van der Waals surface area (Å²) >= 11 is 0. The highest BCUT2D eigenvalue weighted by molar-refractivity contribution is 6.13. The number of aromatic nitrogens is 1. The van der Waals surface area contributed by atoms with E-state index in [0.29, 0.717) is 17.9 Å². The van der Waals surface area contributed by atoms with Crippen LogP contribution in [0.1, 0.15) is 22.6 Å². The van der Waals surface area contributed by atoms with Gasteiger partial charge in [0.25, 0.3) is 0 Å². The number of aliphatic imine (C=N–C) groups is 1. The number of aryl methyl sites for hydroxylation is 1. The van der Waals surface area contributed by atoms with Gasteiger partial charge >= 0.3 is 0 Å². The molecule has 4 rings (SSSR count). The number of amides is 1. The molecule has 0 saturated carbocycles. The number of rotatable bonds is 6. The highest BCUT2D eigenvalue weighted by Crippen LogP contribution is 2.34. The Morgan fingerprint density at radius 3 is 2.83 bits per heavy atom. The first-order chi connectivity index (χ1) is 14.1. The van der Waals surface area contributed by atoms with Gasteiger partial charge in [0.05, 0.1) is 11.4 Å². The van der Waals surface area contributed by atoms with E-state index in [2.05, 4.69) is 20.6 Å². The molecule has 2 heterocycles. The van der Waals surface area contributed by atoms with Gasteiger partial charge in [0.15, 0.2) is 0 Å². The van der Waals surface area contributed by atoms with Crippen LogP contribution in [0.4, 0.5) is 21.5 Å². The van der Waals surface area contributed by atoms with Gasteiger partial charge < -0.3 is 10.6 Å². The first-order valence-corrected chi connectivity index (χ1v) is 9.49. The van der Waals surface area contributed by atoms with Gasteiger partial charge in [0.1, 0.15) is 11.7 Å². The molecule has 1 atom stereocenters. The molecule has 1 unspecified atom stereocenters. The molecule has 0 fully saturated rings. The van der Waals surface area contributed by atoms with Crippen LogP contribution < -0.4 is 10.6 Å². The third kappa shape index (κ3) is 4.16.